The molecule has 3 aliphatic heterocycles. The molecule has 26 heavy (non-hydrogen) atoms. The molecule has 0 unspecified atom stereocenters. The van der Waals surface area contributed by atoms with Crippen molar-refractivity contribution in [2.24, 2.45) is 5.41 Å². The molecule has 1 aromatic carbocycles. The molecular weight excluding hydrogens is 334 g/mol. The van der Waals surface area contributed by atoms with Gasteiger partial charge in [0.05, 0.1) is 13.0 Å². The summed E-state index contributed by atoms with van der Waals surface area (Å²) in [6, 6.07) is 5.40. The first kappa shape index (κ1) is 16.9. The highest BCUT2D eigenvalue weighted by Gasteiger charge is 2.43. The number of benzene rings is 1. The molecule has 138 valence electrons. The molecule has 0 radical (unpaired) electrons. The predicted molar refractivity (Wildman–Crippen MR) is 94.9 cm³/mol. The lowest BCUT2D eigenvalue weighted by atomic mass is 9.77. The maximum Gasteiger partial charge on any atom is 0.230 e. The summed E-state index contributed by atoms with van der Waals surface area (Å²) in [5.41, 5.74) is 1.49. The van der Waals surface area contributed by atoms with Crippen LogP contribution in [0, 0.1) is 5.41 Å². The van der Waals surface area contributed by atoms with Crippen molar-refractivity contribution in [3.8, 4) is 5.75 Å². The summed E-state index contributed by atoms with van der Waals surface area (Å²) in [5.74, 6) is 0.147. The van der Waals surface area contributed by atoms with Crippen molar-refractivity contribution in [1.29, 1.82) is 0 Å². The van der Waals surface area contributed by atoms with E-state index in [0.717, 1.165) is 18.4 Å². The number of likely N-dealkylation sites (tertiary alicyclic amines) is 1. The van der Waals surface area contributed by atoms with Crippen LogP contribution in [0.4, 0.5) is 5.69 Å². The summed E-state index contributed by atoms with van der Waals surface area (Å²) < 4.78 is 5.28. The second-order valence-corrected chi connectivity index (χ2v) is 7.54. The van der Waals surface area contributed by atoms with E-state index in [-0.39, 0.29) is 29.6 Å². The number of piperidine rings is 1. The second kappa shape index (κ2) is 6.30. The van der Waals surface area contributed by atoms with Crippen molar-refractivity contribution in [3.63, 3.8) is 0 Å². The summed E-state index contributed by atoms with van der Waals surface area (Å²) in [7, 11) is 1.58. The van der Waals surface area contributed by atoms with Crippen molar-refractivity contribution < 1.29 is 19.1 Å². The number of hydrogen-bond donors (Lipinski definition) is 2. The van der Waals surface area contributed by atoms with E-state index in [1.54, 1.807) is 19.2 Å². The van der Waals surface area contributed by atoms with Crippen LogP contribution in [-0.2, 0) is 14.4 Å². The number of nitrogens with zero attached hydrogens (tertiary/aromatic N) is 1. The van der Waals surface area contributed by atoms with Gasteiger partial charge >= 0.3 is 0 Å². The average molecular weight is 357 g/mol. The molecule has 7 nitrogen and oxygen atoms in total. The van der Waals surface area contributed by atoms with Crippen LogP contribution in [0.3, 0.4) is 0 Å². The van der Waals surface area contributed by atoms with E-state index in [1.165, 1.54) is 0 Å². The molecule has 1 spiro atoms. The maximum absolute atomic E-state index is 13.2. The lowest BCUT2D eigenvalue weighted by molar-refractivity contribution is -0.137. The Balaban J connectivity index is 1.52. The van der Waals surface area contributed by atoms with Crippen LogP contribution in [0.25, 0.3) is 0 Å². The van der Waals surface area contributed by atoms with Gasteiger partial charge in [-0.2, -0.15) is 0 Å². The van der Waals surface area contributed by atoms with Crippen LogP contribution in [0.15, 0.2) is 18.2 Å². The minimum Gasteiger partial charge on any atom is -0.497 e. The summed E-state index contributed by atoms with van der Waals surface area (Å²) in [5, 5.41) is 5.74. The Morgan fingerprint density at radius 3 is 2.65 bits per heavy atom. The Kier molecular flexibility index (Phi) is 4.09. The SMILES string of the molecule is COc1ccc2c(c1)[C@H](C(=O)N1CCC3(CC1)CNC(=O)C3)CC(=O)N2. The number of nitrogens with one attached hydrogen (secondary N) is 2. The molecule has 3 heterocycles. The number of fused-ring (bicyclic) bond motifs is 1. The summed E-state index contributed by atoms with van der Waals surface area (Å²) >= 11 is 0. The molecule has 0 bridgehead atoms. The Labute approximate surface area is 152 Å². The van der Waals surface area contributed by atoms with Gasteiger partial charge in [-0.1, -0.05) is 0 Å². The van der Waals surface area contributed by atoms with Gasteiger partial charge in [0.2, 0.25) is 17.7 Å². The number of methoxy groups -OCH3 is 1. The third-order valence-corrected chi connectivity index (χ3v) is 5.93. The molecule has 3 amide bonds. The topological polar surface area (TPSA) is 87.7 Å². The Hall–Kier alpha value is -2.57. The highest BCUT2D eigenvalue weighted by molar-refractivity contribution is 6.01. The van der Waals surface area contributed by atoms with E-state index in [9.17, 15) is 14.4 Å². The van der Waals surface area contributed by atoms with Crippen molar-refractivity contribution in [3.05, 3.63) is 23.8 Å². The van der Waals surface area contributed by atoms with E-state index < -0.39 is 5.92 Å². The fraction of sp³-hybridized carbons (Fsp3) is 0.526. The van der Waals surface area contributed by atoms with Gasteiger partial charge in [0.15, 0.2) is 0 Å². The van der Waals surface area contributed by atoms with E-state index in [4.69, 9.17) is 4.74 Å². The molecule has 2 saturated heterocycles. The Morgan fingerprint density at radius 2 is 2.00 bits per heavy atom. The van der Waals surface area contributed by atoms with Gasteiger partial charge in [-0.3, -0.25) is 14.4 Å². The smallest absolute Gasteiger partial charge is 0.230 e. The van der Waals surface area contributed by atoms with E-state index in [2.05, 4.69) is 10.6 Å². The zero-order valence-electron chi connectivity index (χ0n) is 14.8. The normalized spacial score (nSPS) is 24.0. The fourth-order valence-electron chi connectivity index (χ4n) is 4.31. The third kappa shape index (κ3) is 2.91. The molecule has 4 rings (SSSR count). The summed E-state index contributed by atoms with van der Waals surface area (Å²) in [6.07, 6.45) is 2.35. The summed E-state index contributed by atoms with van der Waals surface area (Å²) in [4.78, 5) is 38.6. The third-order valence-electron chi connectivity index (χ3n) is 5.93. The van der Waals surface area contributed by atoms with Crippen LogP contribution >= 0.6 is 0 Å². The molecule has 0 aromatic heterocycles. The van der Waals surface area contributed by atoms with Crippen LogP contribution in [0.2, 0.25) is 0 Å². The molecule has 0 saturated carbocycles. The standard InChI is InChI=1S/C19H23N3O4/c1-26-12-2-3-15-13(8-12)14(9-16(23)21-15)18(25)22-6-4-19(5-7-22)10-17(24)20-11-19/h2-3,8,14H,4-7,9-11H2,1H3,(H,20,24)(H,21,23)/t14-/m1/s1. The lowest BCUT2D eigenvalue weighted by Crippen LogP contribution is -2.46. The molecule has 2 fully saturated rings. The van der Waals surface area contributed by atoms with Crippen molar-refractivity contribution in [1.82, 2.24) is 10.2 Å². The first-order chi connectivity index (χ1) is 12.5. The van der Waals surface area contributed by atoms with Gasteiger partial charge in [-0.15, -0.1) is 0 Å². The molecule has 2 N–H and O–H groups in total. The average Bonchev–Trinajstić information content (AvgIpc) is 3.01. The van der Waals surface area contributed by atoms with Crippen LogP contribution in [-0.4, -0.2) is 49.4 Å². The quantitative estimate of drug-likeness (QED) is 0.834. The molecule has 3 aliphatic rings. The fourth-order valence-corrected chi connectivity index (χ4v) is 4.31. The summed E-state index contributed by atoms with van der Waals surface area (Å²) in [6.45, 7) is 1.97. The molecule has 7 heteroatoms. The van der Waals surface area contributed by atoms with Gasteiger partial charge in [-0.05, 0) is 42.0 Å². The highest BCUT2D eigenvalue weighted by atomic mass is 16.5. The number of amides is 3. The van der Waals surface area contributed by atoms with E-state index in [1.807, 2.05) is 11.0 Å². The molecular formula is C19H23N3O4. The number of ether oxygens (including phenoxy) is 1. The lowest BCUT2D eigenvalue weighted by Gasteiger charge is -2.40. The van der Waals surface area contributed by atoms with Gasteiger partial charge in [0.25, 0.3) is 0 Å². The van der Waals surface area contributed by atoms with Gasteiger partial charge in [0, 0.05) is 38.2 Å². The number of carbonyl (C=O) groups is 3. The minimum atomic E-state index is -0.480. The first-order valence-corrected chi connectivity index (χ1v) is 9.03. The zero-order chi connectivity index (χ0) is 18.3. The van der Waals surface area contributed by atoms with Crippen LogP contribution in [0.5, 0.6) is 5.75 Å². The zero-order valence-corrected chi connectivity index (χ0v) is 14.8. The number of rotatable bonds is 2. The molecule has 0 aliphatic carbocycles. The predicted octanol–water partition coefficient (Wildman–Crippen LogP) is 1.25. The minimum absolute atomic E-state index is 0.00106. The largest absolute Gasteiger partial charge is 0.497 e. The first-order valence-electron chi connectivity index (χ1n) is 9.03. The number of hydrogen-bond acceptors (Lipinski definition) is 4. The van der Waals surface area contributed by atoms with Gasteiger partial charge in [-0.25, -0.2) is 0 Å². The Bertz CT molecular complexity index is 768. The highest BCUT2D eigenvalue weighted by Crippen LogP contribution is 2.40. The maximum atomic E-state index is 13.2. The van der Waals surface area contributed by atoms with Gasteiger partial charge < -0.3 is 20.3 Å². The second-order valence-electron chi connectivity index (χ2n) is 7.54. The Morgan fingerprint density at radius 1 is 1.23 bits per heavy atom. The van der Waals surface area contributed by atoms with Crippen LogP contribution in [0.1, 0.15) is 37.2 Å². The van der Waals surface area contributed by atoms with Gasteiger partial charge in [0.1, 0.15) is 5.75 Å². The van der Waals surface area contributed by atoms with Crippen LogP contribution < -0.4 is 15.4 Å². The molecule has 1 aromatic rings. The molecule has 1 atom stereocenters. The monoisotopic (exact) mass is 357 g/mol. The number of anilines is 1. The van der Waals surface area contributed by atoms with E-state index in [0.29, 0.717) is 37.5 Å². The van der Waals surface area contributed by atoms with Crippen molar-refractivity contribution >= 4 is 23.4 Å². The van der Waals surface area contributed by atoms with E-state index >= 15 is 0 Å². The van der Waals surface area contributed by atoms with Crippen molar-refractivity contribution in [2.75, 3.05) is 32.1 Å². The van der Waals surface area contributed by atoms with Crippen molar-refractivity contribution in [2.45, 2.75) is 31.6 Å². The number of carbonyl (C=O) groups excluding carboxylic acids is 3.